The monoisotopic (exact) mass is 497 g/mol. The largest absolute Gasteiger partial charge is 1.00 e. The number of halogens is 2. The van der Waals surface area contributed by atoms with Gasteiger partial charge >= 0.3 is 5.69 Å². The van der Waals surface area contributed by atoms with Crippen molar-refractivity contribution >= 4 is 39.3 Å². The Balaban J connectivity index is 0.00000274. The highest BCUT2D eigenvalue weighted by molar-refractivity contribution is 6.31. The lowest BCUT2D eigenvalue weighted by Gasteiger charge is -2.34. The zero-order valence-electron chi connectivity index (χ0n) is 18.9. The molecular formula is C26H27Cl2N4O2-. The van der Waals surface area contributed by atoms with Crippen LogP contribution in [-0.2, 0) is 0 Å². The Morgan fingerprint density at radius 3 is 2.59 bits per heavy atom. The molecule has 1 fully saturated rings. The smallest absolute Gasteiger partial charge is 0.326 e. The first-order valence-electron chi connectivity index (χ1n) is 11.4. The molecule has 0 spiro atoms. The molecule has 2 N–H and O–H groups in total. The minimum Gasteiger partial charge on any atom is -1.00 e. The molecule has 6 nitrogen and oxygen atoms in total. The zero-order chi connectivity index (χ0) is 22.9. The minimum absolute atomic E-state index is 0. The van der Waals surface area contributed by atoms with Crippen molar-refractivity contribution in [2.75, 3.05) is 19.6 Å². The lowest BCUT2D eigenvalue weighted by molar-refractivity contribution is -0.0000156. The number of carbonyl (C=O) groups is 1. The fourth-order valence-corrected chi connectivity index (χ4v) is 5.07. The summed E-state index contributed by atoms with van der Waals surface area (Å²) in [4.78, 5) is 30.6. The third-order valence-corrected chi connectivity index (χ3v) is 6.76. The van der Waals surface area contributed by atoms with Crippen molar-refractivity contribution < 1.29 is 17.2 Å². The number of piperidine rings is 1. The number of fused-ring (bicyclic) bond motifs is 2. The molecule has 8 heteroatoms. The predicted octanol–water partition coefficient (Wildman–Crippen LogP) is 1.60. The first-order chi connectivity index (χ1) is 16.0. The van der Waals surface area contributed by atoms with Crippen LogP contribution in [0, 0.1) is 0 Å². The van der Waals surface area contributed by atoms with Crippen LogP contribution in [0.25, 0.3) is 21.8 Å². The quantitative estimate of drug-likeness (QED) is 0.439. The van der Waals surface area contributed by atoms with Crippen LogP contribution in [0.3, 0.4) is 0 Å². The van der Waals surface area contributed by atoms with Crippen molar-refractivity contribution in [3.8, 4) is 0 Å². The summed E-state index contributed by atoms with van der Waals surface area (Å²) in [6.45, 7) is 4.59. The molecule has 5 rings (SSSR count). The maximum atomic E-state index is 12.8. The molecule has 0 saturated carbocycles. The van der Waals surface area contributed by atoms with Crippen molar-refractivity contribution in [3.05, 3.63) is 81.7 Å². The van der Waals surface area contributed by atoms with Crippen LogP contribution in [0.2, 0.25) is 5.02 Å². The number of aromatic nitrogens is 2. The van der Waals surface area contributed by atoms with Crippen molar-refractivity contribution in [2.45, 2.75) is 31.8 Å². The third-order valence-electron chi connectivity index (χ3n) is 6.52. The summed E-state index contributed by atoms with van der Waals surface area (Å²) >= 11 is 6.07. The molecule has 2 heterocycles. The van der Waals surface area contributed by atoms with E-state index >= 15 is 0 Å². The van der Waals surface area contributed by atoms with Crippen molar-refractivity contribution in [1.82, 2.24) is 19.8 Å². The Morgan fingerprint density at radius 2 is 1.82 bits per heavy atom. The van der Waals surface area contributed by atoms with E-state index in [1.807, 2.05) is 66.1 Å². The van der Waals surface area contributed by atoms with Crippen LogP contribution >= 0.6 is 11.6 Å². The molecule has 1 aliphatic rings. The predicted molar refractivity (Wildman–Crippen MR) is 133 cm³/mol. The molecular weight excluding hydrogens is 471 g/mol. The highest BCUT2D eigenvalue weighted by Gasteiger charge is 2.25. The average molecular weight is 498 g/mol. The molecule has 1 aromatic heterocycles. The molecule has 3 aromatic carbocycles. The van der Waals surface area contributed by atoms with Gasteiger partial charge in [0, 0.05) is 42.3 Å². The summed E-state index contributed by atoms with van der Waals surface area (Å²) in [5.41, 5.74) is 2.28. The van der Waals surface area contributed by atoms with Crippen molar-refractivity contribution in [3.63, 3.8) is 0 Å². The van der Waals surface area contributed by atoms with Gasteiger partial charge in [-0.2, -0.15) is 0 Å². The van der Waals surface area contributed by atoms with Crippen molar-refractivity contribution in [1.29, 1.82) is 0 Å². The van der Waals surface area contributed by atoms with Crippen LogP contribution in [0.15, 0.2) is 65.5 Å². The molecule has 0 aliphatic carbocycles. The van der Waals surface area contributed by atoms with Gasteiger partial charge in [-0.25, -0.2) is 4.79 Å². The van der Waals surface area contributed by atoms with E-state index in [1.165, 1.54) is 0 Å². The Labute approximate surface area is 209 Å². The summed E-state index contributed by atoms with van der Waals surface area (Å²) in [6, 6.07) is 19.6. The minimum atomic E-state index is -0.0817. The van der Waals surface area contributed by atoms with Gasteiger partial charge in [0.2, 0.25) is 0 Å². The van der Waals surface area contributed by atoms with Gasteiger partial charge in [0.05, 0.1) is 11.0 Å². The number of amides is 1. The summed E-state index contributed by atoms with van der Waals surface area (Å²) in [6.07, 6.45) is 1.78. The van der Waals surface area contributed by atoms with Gasteiger partial charge in [0.15, 0.2) is 0 Å². The number of carbonyl (C=O) groups excluding carboxylic acids is 1. The van der Waals surface area contributed by atoms with Crippen LogP contribution in [0.1, 0.15) is 36.2 Å². The van der Waals surface area contributed by atoms with Crippen LogP contribution in [0.4, 0.5) is 0 Å². The Hall–Kier alpha value is -2.80. The number of hydrogen-bond acceptors (Lipinski definition) is 3. The Kier molecular flexibility index (Phi) is 7.31. The van der Waals surface area contributed by atoms with Gasteiger partial charge in [0.1, 0.15) is 0 Å². The highest BCUT2D eigenvalue weighted by atomic mass is 35.5. The van der Waals surface area contributed by atoms with Gasteiger partial charge < -0.3 is 27.6 Å². The number of likely N-dealkylation sites (tertiary alicyclic amines) is 1. The summed E-state index contributed by atoms with van der Waals surface area (Å²) in [5.74, 6) is -0.0489. The first-order valence-corrected chi connectivity index (χ1v) is 11.8. The molecule has 0 radical (unpaired) electrons. The number of nitrogens with zero attached hydrogens (tertiary/aromatic N) is 2. The SMILES string of the molecule is C[C@@H](CN1CCC(n2c(=O)[nH]c3cc(Cl)ccc32)CC1)NC(=O)c1ccc2ccccc2c1.[Cl-]. The molecule has 1 aliphatic heterocycles. The molecule has 1 amide bonds. The van der Waals surface area contributed by atoms with E-state index in [-0.39, 0.29) is 36.1 Å². The number of benzene rings is 3. The molecule has 0 unspecified atom stereocenters. The van der Waals surface area contributed by atoms with Gasteiger partial charge in [0.25, 0.3) is 5.91 Å². The lowest BCUT2D eigenvalue weighted by Crippen LogP contribution is -3.00. The molecule has 1 saturated heterocycles. The van der Waals surface area contributed by atoms with E-state index in [2.05, 4.69) is 15.2 Å². The second-order valence-electron chi connectivity index (χ2n) is 8.93. The van der Waals surface area contributed by atoms with Gasteiger partial charge in [-0.1, -0.05) is 41.9 Å². The first kappa shape index (κ1) is 24.3. The number of hydrogen-bond donors (Lipinski definition) is 2. The average Bonchev–Trinajstić information content (AvgIpc) is 3.13. The van der Waals surface area contributed by atoms with Crippen molar-refractivity contribution in [2.24, 2.45) is 0 Å². The summed E-state index contributed by atoms with van der Waals surface area (Å²) in [7, 11) is 0. The molecule has 178 valence electrons. The second-order valence-corrected chi connectivity index (χ2v) is 9.37. The summed E-state index contributed by atoms with van der Waals surface area (Å²) in [5, 5.41) is 5.94. The Morgan fingerprint density at radius 1 is 1.09 bits per heavy atom. The van der Waals surface area contributed by atoms with Gasteiger partial charge in [-0.05, 0) is 60.9 Å². The fraction of sp³-hybridized carbons (Fsp3) is 0.308. The van der Waals surface area contributed by atoms with E-state index < -0.39 is 0 Å². The highest BCUT2D eigenvalue weighted by Crippen LogP contribution is 2.26. The normalized spacial score (nSPS) is 15.8. The number of nitrogens with one attached hydrogen (secondary N) is 2. The zero-order valence-corrected chi connectivity index (χ0v) is 20.4. The van der Waals surface area contributed by atoms with Crippen LogP contribution in [0.5, 0.6) is 0 Å². The number of rotatable bonds is 5. The maximum Gasteiger partial charge on any atom is 0.326 e. The maximum absolute atomic E-state index is 12.8. The third kappa shape index (κ3) is 4.99. The van der Waals surface area contributed by atoms with Crippen LogP contribution < -0.4 is 23.4 Å². The molecule has 0 bridgehead atoms. The molecule has 4 aromatic rings. The van der Waals surface area contributed by atoms with E-state index in [4.69, 9.17) is 11.6 Å². The number of imidazole rings is 1. The molecule has 34 heavy (non-hydrogen) atoms. The van der Waals surface area contributed by atoms with Gasteiger partial charge in [-0.3, -0.25) is 9.36 Å². The second kappa shape index (κ2) is 10.2. The van der Waals surface area contributed by atoms with Gasteiger partial charge in [-0.15, -0.1) is 0 Å². The standard InChI is InChI=1S/C26H27ClN4O2.ClH/c1-17(28-25(32)20-7-6-18-4-2-3-5-19(18)14-20)16-30-12-10-22(11-13-30)31-24-9-8-21(27)15-23(24)29-26(31)33;/h2-9,14-15,17,22H,10-13,16H2,1H3,(H,28,32)(H,29,33);1H/p-1/t17-;/m0./s1. The van der Waals surface area contributed by atoms with E-state index in [9.17, 15) is 9.59 Å². The fourth-order valence-electron chi connectivity index (χ4n) is 4.90. The lowest BCUT2D eigenvalue weighted by atomic mass is 10.0. The van der Waals surface area contributed by atoms with E-state index in [0.29, 0.717) is 10.6 Å². The topological polar surface area (TPSA) is 70.1 Å². The van der Waals surface area contributed by atoms with E-state index in [1.54, 1.807) is 6.07 Å². The molecule has 1 atom stereocenters. The van der Waals surface area contributed by atoms with Crippen LogP contribution in [-0.4, -0.2) is 46.0 Å². The van der Waals surface area contributed by atoms with E-state index in [0.717, 1.165) is 54.3 Å². The summed E-state index contributed by atoms with van der Waals surface area (Å²) < 4.78 is 1.87. The number of H-pyrrole nitrogens is 1. The number of aromatic amines is 1. The Bertz CT molecular complexity index is 1370.